The summed E-state index contributed by atoms with van der Waals surface area (Å²) in [6.07, 6.45) is 0. The number of aryl methyl sites for hydroxylation is 1. The zero-order valence-electron chi connectivity index (χ0n) is 14.6. The Morgan fingerprint density at radius 1 is 1.35 bits per heavy atom. The highest BCUT2D eigenvalue weighted by atomic mass is 35.5. The lowest BCUT2D eigenvalue weighted by molar-refractivity contribution is -0.385. The molecule has 9 nitrogen and oxygen atoms in total. The Balaban J connectivity index is 1.61. The van der Waals surface area contributed by atoms with Gasteiger partial charge in [-0.1, -0.05) is 16.8 Å². The van der Waals surface area contributed by atoms with E-state index in [0.717, 1.165) is 31.9 Å². The maximum atomic E-state index is 11.0. The number of hydrogen-bond acceptors (Lipinski definition) is 8. The summed E-state index contributed by atoms with van der Waals surface area (Å²) in [5.74, 6) is 1.10. The van der Waals surface area contributed by atoms with Crippen molar-refractivity contribution in [3.05, 3.63) is 44.5 Å². The van der Waals surface area contributed by atoms with Crippen molar-refractivity contribution in [1.29, 1.82) is 0 Å². The number of aromatic nitrogens is 2. The van der Waals surface area contributed by atoms with Crippen LogP contribution in [0.4, 0.5) is 11.4 Å². The van der Waals surface area contributed by atoms with Crippen LogP contribution < -0.4 is 4.90 Å². The number of halogens is 1. The highest BCUT2D eigenvalue weighted by molar-refractivity contribution is 6.33. The Hall–Kier alpha value is -2.23. The molecule has 1 aliphatic rings. The van der Waals surface area contributed by atoms with Crippen LogP contribution >= 0.6 is 11.6 Å². The first-order valence-electron chi connectivity index (χ1n) is 8.20. The van der Waals surface area contributed by atoms with Crippen LogP contribution in [0.25, 0.3) is 0 Å². The summed E-state index contributed by atoms with van der Waals surface area (Å²) in [6.45, 7) is 5.75. The lowest BCUT2D eigenvalue weighted by Gasteiger charge is -2.35. The number of ether oxygens (including phenoxy) is 1. The number of piperazine rings is 1. The Kier molecular flexibility index (Phi) is 5.70. The van der Waals surface area contributed by atoms with Crippen molar-refractivity contribution in [2.24, 2.45) is 0 Å². The van der Waals surface area contributed by atoms with E-state index in [0.29, 0.717) is 35.5 Å². The Morgan fingerprint density at radius 3 is 2.73 bits per heavy atom. The molecule has 1 aliphatic heterocycles. The summed E-state index contributed by atoms with van der Waals surface area (Å²) in [5, 5.41) is 15.3. The van der Waals surface area contributed by atoms with E-state index in [1.165, 1.54) is 6.07 Å². The smallest absolute Gasteiger partial charge is 0.273 e. The lowest BCUT2D eigenvalue weighted by Crippen LogP contribution is -2.46. The van der Waals surface area contributed by atoms with Gasteiger partial charge in [0.15, 0.2) is 5.82 Å². The summed E-state index contributed by atoms with van der Waals surface area (Å²) in [5.41, 5.74) is 1.48. The molecule has 0 unspecified atom stereocenters. The van der Waals surface area contributed by atoms with Crippen molar-refractivity contribution in [3.8, 4) is 0 Å². The summed E-state index contributed by atoms with van der Waals surface area (Å²) in [4.78, 5) is 19.2. The molecule has 1 aromatic carbocycles. The second-order valence-corrected chi connectivity index (χ2v) is 6.55. The molecule has 10 heteroatoms. The van der Waals surface area contributed by atoms with Crippen molar-refractivity contribution < 1.29 is 14.2 Å². The molecule has 0 radical (unpaired) electrons. The van der Waals surface area contributed by atoms with Gasteiger partial charge in [0.1, 0.15) is 6.61 Å². The summed E-state index contributed by atoms with van der Waals surface area (Å²) >= 11 is 6.27. The van der Waals surface area contributed by atoms with Gasteiger partial charge < -0.3 is 14.2 Å². The molecule has 0 atom stereocenters. The molecule has 1 aromatic heterocycles. The van der Waals surface area contributed by atoms with Gasteiger partial charge in [0, 0.05) is 44.9 Å². The van der Waals surface area contributed by atoms with E-state index >= 15 is 0 Å². The van der Waals surface area contributed by atoms with Crippen LogP contribution in [0.3, 0.4) is 0 Å². The maximum Gasteiger partial charge on any atom is 0.273 e. The molecule has 2 heterocycles. The van der Waals surface area contributed by atoms with E-state index in [9.17, 15) is 10.1 Å². The van der Waals surface area contributed by atoms with Crippen molar-refractivity contribution >= 4 is 23.0 Å². The van der Waals surface area contributed by atoms with Crippen molar-refractivity contribution in [2.75, 3.05) is 38.2 Å². The third-order valence-electron chi connectivity index (χ3n) is 4.32. The lowest BCUT2D eigenvalue weighted by atomic mass is 10.1. The first-order chi connectivity index (χ1) is 12.5. The second kappa shape index (κ2) is 7.98. The van der Waals surface area contributed by atoms with E-state index in [1.807, 2.05) is 0 Å². The third kappa shape index (κ3) is 4.12. The fraction of sp³-hybridized carbons (Fsp3) is 0.500. The number of nitro groups is 1. The predicted octanol–water partition coefficient (Wildman–Crippen LogP) is 2.41. The van der Waals surface area contributed by atoms with Crippen LogP contribution in [0.2, 0.25) is 5.02 Å². The topological polar surface area (TPSA) is 97.8 Å². The molecule has 0 N–H and O–H groups in total. The minimum atomic E-state index is -0.412. The number of nitrogens with zero attached hydrogens (tertiary/aromatic N) is 5. The molecule has 1 saturated heterocycles. The van der Waals surface area contributed by atoms with Gasteiger partial charge in [-0.2, -0.15) is 4.98 Å². The van der Waals surface area contributed by atoms with E-state index in [1.54, 1.807) is 20.1 Å². The molecule has 140 valence electrons. The number of benzene rings is 1. The normalized spacial score (nSPS) is 15.4. The monoisotopic (exact) mass is 381 g/mol. The molecule has 0 saturated carbocycles. The highest BCUT2D eigenvalue weighted by Crippen LogP contribution is 2.33. The fourth-order valence-corrected chi connectivity index (χ4v) is 3.25. The van der Waals surface area contributed by atoms with Gasteiger partial charge in [-0.3, -0.25) is 15.0 Å². The quantitative estimate of drug-likeness (QED) is 0.555. The van der Waals surface area contributed by atoms with Crippen LogP contribution in [0.15, 0.2) is 16.7 Å². The first-order valence-corrected chi connectivity index (χ1v) is 8.58. The molecular formula is C16H20ClN5O4. The van der Waals surface area contributed by atoms with E-state index < -0.39 is 4.92 Å². The van der Waals surface area contributed by atoms with E-state index in [4.69, 9.17) is 20.9 Å². The molecule has 0 spiro atoms. The van der Waals surface area contributed by atoms with Gasteiger partial charge in [-0.25, -0.2) is 0 Å². The predicted molar refractivity (Wildman–Crippen MR) is 95.3 cm³/mol. The van der Waals surface area contributed by atoms with Gasteiger partial charge in [0.2, 0.25) is 5.89 Å². The van der Waals surface area contributed by atoms with Crippen molar-refractivity contribution in [1.82, 2.24) is 15.0 Å². The van der Waals surface area contributed by atoms with Gasteiger partial charge in [0.25, 0.3) is 5.69 Å². The first kappa shape index (κ1) is 18.6. The minimum Gasteiger partial charge on any atom is -0.377 e. The Labute approximate surface area is 155 Å². The van der Waals surface area contributed by atoms with E-state index in [2.05, 4.69) is 19.9 Å². The van der Waals surface area contributed by atoms with Crippen LogP contribution in [-0.2, 0) is 17.9 Å². The van der Waals surface area contributed by atoms with Crippen LogP contribution in [0.1, 0.15) is 17.3 Å². The average molecular weight is 382 g/mol. The highest BCUT2D eigenvalue weighted by Gasteiger charge is 2.23. The van der Waals surface area contributed by atoms with Gasteiger partial charge in [0.05, 0.1) is 22.2 Å². The molecule has 0 bridgehead atoms. The summed E-state index contributed by atoms with van der Waals surface area (Å²) in [7, 11) is 1.58. The van der Waals surface area contributed by atoms with Gasteiger partial charge in [-0.05, 0) is 13.0 Å². The van der Waals surface area contributed by atoms with Gasteiger partial charge >= 0.3 is 0 Å². The molecule has 3 rings (SSSR count). The summed E-state index contributed by atoms with van der Waals surface area (Å²) in [6, 6.07) is 3.21. The number of anilines is 1. The second-order valence-electron chi connectivity index (χ2n) is 6.15. The third-order valence-corrected chi connectivity index (χ3v) is 4.62. The minimum absolute atomic E-state index is 0.0423. The van der Waals surface area contributed by atoms with Gasteiger partial charge in [-0.15, -0.1) is 0 Å². The van der Waals surface area contributed by atoms with Crippen LogP contribution in [0, 0.1) is 17.0 Å². The SMILES string of the molecule is COCc1noc(CN2CCN(c3cc(C)c([N+](=O)[O-])cc3Cl)CC2)n1. The summed E-state index contributed by atoms with van der Waals surface area (Å²) < 4.78 is 10.2. The Morgan fingerprint density at radius 2 is 2.08 bits per heavy atom. The standard InChI is InChI=1S/C16H20ClN5O4/c1-11-7-14(12(17)8-13(11)22(23)24)21-5-3-20(4-6-21)9-16-18-15(10-25-2)19-26-16/h7-8H,3-6,9-10H2,1-2H3. The number of methoxy groups -OCH3 is 1. The number of hydrogen-bond donors (Lipinski definition) is 0. The number of nitro benzene ring substituents is 1. The van der Waals surface area contributed by atoms with E-state index in [-0.39, 0.29) is 5.69 Å². The maximum absolute atomic E-state index is 11.0. The number of rotatable bonds is 6. The molecule has 0 aliphatic carbocycles. The molecule has 0 amide bonds. The zero-order chi connectivity index (χ0) is 18.7. The zero-order valence-corrected chi connectivity index (χ0v) is 15.4. The van der Waals surface area contributed by atoms with Crippen molar-refractivity contribution in [2.45, 2.75) is 20.1 Å². The Bertz CT molecular complexity index is 789. The van der Waals surface area contributed by atoms with Crippen LogP contribution in [0.5, 0.6) is 0 Å². The largest absolute Gasteiger partial charge is 0.377 e. The van der Waals surface area contributed by atoms with Crippen molar-refractivity contribution in [3.63, 3.8) is 0 Å². The van der Waals surface area contributed by atoms with Crippen LogP contribution in [-0.4, -0.2) is 53.3 Å². The molecule has 26 heavy (non-hydrogen) atoms. The molecular weight excluding hydrogens is 362 g/mol. The average Bonchev–Trinajstić information content (AvgIpc) is 3.04. The molecule has 1 fully saturated rings. The fourth-order valence-electron chi connectivity index (χ4n) is 2.98. The molecule has 2 aromatic rings.